The van der Waals surface area contributed by atoms with Crippen molar-refractivity contribution < 1.29 is 9.90 Å². The highest BCUT2D eigenvalue weighted by Crippen LogP contribution is 2.33. The van der Waals surface area contributed by atoms with Crippen LogP contribution >= 0.6 is 11.3 Å². The van der Waals surface area contributed by atoms with Gasteiger partial charge < -0.3 is 10.0 Å². The normalized spacial score (nSPS) is 16.8. The summed E-state index contributed by atoms with van der Waals surface area (Å²) in [6.07, 6.45) is 1.19. The summed E-state index contributed by atoms with van der Waals surface area (Å²) in [5.74, 6) is 0.234. The molecule has 1 unspecified atom stereocenters. The number of hydrogen-bond acceptors (Lipinski definition) is 5. The zero-order valence-electron chi connectivity index (χ0n) is 15.8. The lowest BCUT2D eigenvalue weighted by molar-refractivity contribution is 0.0475. The topological polar surface area (TPSA) is 71.2 Å². The fraction of sp³-hybridized carbons (Fsp3) is 0.450. The van der Waals surface area contributed by atoms with Gasteiger partial charge in [0.2, 0.25) is 0 Å². The minimum absolute atomic E-state index is 0.0330. The standard InChI is InChI=1S/C20H24N4O2S/c1-12-11-15(17-13(2)22-23(3)19(17)21-12)20(26)24-8-6-14(7-9-24)18(25)16-5-4-10-27-16/h4-5,10-11,14,18,25H,6-9H2,1-3H3. The molecular formula is C20H24N4O2S. The van der Waals surface area contributed by atoms with Crippen molar-refractivity contribution in [2.75, 3.05) is 13.1 Å². The first-order chi connectivity index (χ1) is 13.0. The summed E-state index contributed by atoms with van der Waals surface area (Å²) in [5, 5.41) is 17.8. The zero-order chi connectivity index (χ0) is 19.1. The molecule has 0 spiro atoms. The molecule has 142 valence electrons. The Labute approximate surface area is 162 Å². The quantitative estimate of drug-likeness (QED) is 0.753. The van der Waals surface area contributed by atoms with E-state index in [9.17, 15) is 9.90 Å². The highest BCUT2D eigenvalue weighted by atomic mass is 32.1. The van der Waals surface area contributed by atoms with Crippen LogP contribution in [0.5, 0.6) is 0 Å². The van der Waals surface area contributed by atoms with Crippen molar-refractivity contribution in [3.05, 3.63) is 45.4 Å². The second kappa shape index (κ2) is 7.05. The lowest BCUT2D eigenvalue weighted by atomic mass is 9.90. The molecule has 0 aliphatic carbocycles. The molecule has 0 radical (unpaired) electrons. The van der Waals surface area contributed by atoms with Crippen molar-refractivity contribution >= 4 is 28.3 Å². The summed E-state index contributed by atoms with van der Waals surface area (Å²) < 4.78 is 1.73. The first-order valence-corrected chi connectivity index (χ1v) is 10.2. The van der Waals surface area contributed by atoms with Crippen molar-refractivity contribution in [1.29, 1.82) is 0 Å². The van der Waals surface area contributed by atoms with Crippen LogP contribution in [0.3, 0.4) is 0 Å². The summed E-state index contributed by atoms with van der Waals surface area (Å²) in [6.45, 7) is 5.14. The number of aryl methyl sites for hydroxylation is 3. The number of hydrogen-bond donors (Lipinski definition) is 1. The van der Waals surface area contributed by atoms with E-state index in [0.717, 1.165) is 40.1 Å². The predicted octanol–water partition coefficient (Wildman–Crippen LogP) is 3.23. The number of piperidine rings is 1. The average molecular weight is 385 g/mol. The molecule has 4 heterocycles. The minimum Gasteiger partial charge on any atom is -0.387 e. The molecule has 7 heteroatoms. The Balaban J connectivity index is 1.54. The molecule has 3 aromatic rings. The monoisotopic (exact) mass is 384 g/mol. The Kier molecular flexibility index (Phi) is 4.74. The van der Waals surface area contributed by atoms with E-state index in [4.69, 9.17) is 0 Å². The number of aliphatic hydroxyl groups excluding tert-OH is 1. The smallest absolute Gasteiger partial charge is 0.254 e. The molecular weight excluding hydrogens is 360 g/mol. The van der Waals surface area contributed by atoms with Crippen molar-refractivity contribution in [3.63, 3.8) is 0 Å². The van der Waals surface area contributed by atoms with Gasteiger partial charge in [0.15, 0.2) is 5.65 Å². The van der Waals surface area contributed by atoms with E-state index >= 15 is 0 Å². The van der Waals surface area contributed by atoms with E-state index in [1.54, 1.807) is 16.0 Å². The number of likely N-dealkylation sites (tertiary alicyclic amines) is 1. The Morgan fingerprint density at radius 2 is 2.07 bits per heavy atom. The van der Waals surface area contributed by atoms with Crippen LogP contribution in [0.1, 0.15) is 45.6 Å². The van der Waals surface area contributed by atoms with Gasteiger partial charge in [0.1, 0.15) is 0 Å². The highest BCUT2D eigenvalue weighted by molar-refractivity contribution is 7.10. The van der Waals surface area contributed by atoms with Gasteiger partial charge in [0.25, 0.3) is 5.91 Å². The van der Waals surface area contributed by atoms with Crippen molar-refractivity contribution in [1.82, 2.24) is 19.7 Å². The Morgan fingerprint density at radius 1 is 1.33 bits per heavy atom. The van der Waals surface area contributed by atoms with E-state index in [-0.39, 0.29) is 11.8 Å². The van der Waals surface area contributed by atoms with Gasteiger partial charge in [-0.15, -0.1) is 11.3 Å². The maximum Gasteiger partial charge on any atom is 0.254 e. The van der Waals surface area contributed by atoms with Crippen LogP contribution in [0, 0.1) is 19.8 Å². The Morgan fingerprint density at radius 3 is 2.74 bits per heavy atom. The molecule has 3 aromatic heterocycles. The number of amides is 1. The Bertz CT molecular complexity index is 972. The third-order valence-electron chi connectivity index (χ3n) is 5.44. The largest absolute Gasteiger partial charge is 0.387 e. The number of aliphatic hydroxyl groups is 1. The second-order valence-electron chi connectivity index (χ2n) is 7.31. The number of thiophene rings is 1. The van der Waals surface area contributed by atoms with Crippen LogP contribution in [0.15, 0.2) is 23.6 Å². The van der Waals surface area contributed by atoms with Gasteiger partial charge in [-0.3, -0.25) is 9.48 Å². The van der Waals surface area contributed by atoms with Crippen LogP contribution in [0.25, 0.3) is 11.0 Å². The van der Waals surface area contributed by atoms with Crippen molar-refractivity contribution in [2.45, 2.75) is 32.8 Å². The maximum atomic E-state index is 13.2. The van der Waals surface area contributed by atoms with Crippen molar-refractivity contribution in [2.24, 2.45) is 13.0 Å². The molecule has 0 aromatic carbocycles. The number of carbonyl (C=O) groups excluding carboxylic acids is 1. The fourth-order valence-corrected chi connectivity index (χ4v) is 4.82. The summed E-state index contributed by atoms with van der Waals surface area (Å²) in [5.41, 5.74) is 3.07. The third kappa shape index (κ3) is 3.26. The van der Waals surface area contributed by atoms with E-state index in [2.05, 4.69) is 10.1 Å². The van der Waals surface area contributed by atoms with Gasteiger partial charge in [0.05, 0.1) is 22.7 Å². The number of carbonyl (C=O) groups is 1. The summed E-state index contributed by atoms with van der Waals surface area (Å²) in [4.78, 5) is 20.7. The van der Waals surface area contributed by atoms with Gasteiger partial charge in [0, 0.05) is 30.7 Å². The van der Waals surface area contributed by atoms with Gasteiger partial charge in [-0.1, -0.05) is 6.07 Å². The molecule has 1 N–H and O–H groups in total. The average Bonchev–Trinajstić information content (AvgIpc) is 3.29. The molecule has 1 fully saturated rings. The molecule has 0 bridgehead atoms. The van der Waals surface area contributed by atoms with Crippen LogP contribution in [-0.2, 0) is 7.05 Å². The van der Waals surface area contributed by atoms with Gasteiger partial charge in [-0.05, 0) is 50.1 Å². The SMILES string of the molecule is Cc1cc(C(=O)N2CCC(C(O)c3cccs3)CC2)c2c(C)nn(C)c2n1. The van der Waals surface area contributed by atoms with Gasteiger partial charge in [-0.2, -0.15) is 5.10 Å². The number of pyridine rings is 1. The molecule has 4 rings (SSSR count). The molecule has 1 atom stereocenters. The number of aromatic nitrogens is 3. The number of nitrogens with zero attached hydrogens (tertiary/aromatic N) is 4. The minimum atomic E-state index is -0.433. The molecule has 6 nitrogen and oxygen atoms in total. The summed E-state index contributed by atoms with van der Waals surface area (Å²) >= 11 is 1.59. The fourth-order valence-electron chi connectivity index (χ4n) is 4.02. The third-order valence-corrected chi connectivity index (χ3v) is 6.38. The molecule has 1 aliphatic heterocycles. The molecule has 1 amide bonds. The van der Waals surface area contributed by atoms with E-state index in [0.29, 0.717) is 18.7 Å². The van der Waals surface area contributed by atoms with E-state index < -0.39 is 6.10 Å². The predicted molar refractivity (Wildman–Crippen MR) is 106 cm³/mol. The summed E-state index contributed by atoms with van der Waals surface area (Å²) in [6, 6.07) is 5.82. The number of fused-ring (bicyclic) bond motifs is 1. The first kappa shape index (κ1) is 18.1. The molecule has 0 saturated carbocycles. The lowest BCUT2D eigenvalue weighted by Crippen LogP contribution is -2.39. The van der Waals surface area contributed by atoms with Crippen LogP contribution in [0.4, 0.5) is 0 Å². The van der Waals surface area contributed by atoms with Gasteiger partial charge in [-0.25, -0.2) is 4.98 Å². The molecule has 1 aliphatic rings. The first-order valence-electron chi connectivity index (χ1n) is 9.27. The van der Waals surface area contributed by atoms with E-state index in [1.807, 2.05) is 49.4 Å². The lowest BCUT2D eigenvalue weighted by Gasteiger charge is -2.34. The van der Waals surface area contributed by atoms with Crippen LogP contribution in [0.2, 0.25) is 0 Å². The van der Waals surface area contributed by atoms with Crippen LogP contribution < -0.4 is 0 Å². The Hall–Kier alpha value is -2.25. The maximum absolute atomic E-state index is 13.2. The second-order valence-corrected chi connectivity index (χ2v) is 8.29. The van der Waals surface area contributed by atoms with Gasteiger partial charge >= 0.3 is 0 Å². The van der Waals surface area contributed by atoms with Crippen molar-refractivity contribution in [3.8, 4) is 0 Å². The zero-order valence-corrected chi connectivity index (χ0v) is 16.7. The van der Waals surface area contributed by atoms with Crippen LogP contribution in [-0.4, -0.2) is 43.8 Å². The molecule has 1 saturated heterocycles. The number of rotatable bonds is 3. The summed E-state index contributed by atoms with van der Waals surface area (Å²) in [7, 11) is 1.85. The van der Waals surface area contributed by atoms with E-state index in [1.165, 1.54) is 0 Å². The molecule has 27 heavy (non-hydrogen) atoms. The highest BCUT2D eigenvalue weighted by Gasteiger charge is 2.30.